The molecule has 0 fully saturated rings. The highest BCUT2D eigenvalue weighted by Crippen LogP contribution is 2.18. The summed E-state index contributed by atoms with van der Waals surface area (Å²) in [6.07, 6.45) is 0. The van der Waals surface area contributed by atoms with E-state index >= 15 is 0 Å². The third kappa shape index (κ3) is 2.23. The Labute approximate surface area is 112 Å². The molecule has 0 unspecified atom stereocenters. The van der Waals surface area contributed by atoms with Crippen LogP contribution in [0.1, 0.15) is 0 Å². The standard InChI is InChI=1S/C12H9N5OS/c18-11-8(10-13-12(19)17-15-10)6-9(14-16-11)7-4-2-1-3-5-7/h1-6H,(H,16,18)(H2,13,15,17,19). The van der Waals surface area contributed by atoms with Crippen LogP contribution in [-0.4, -0.2) is 25.4 Å². The van der Waals surface area contributed by atoms with Gasteiger partial charge in [-0.25, -0.2) is 5.10 Å². The van der Waals surface area contributed by atoms with Crippen molar-refractivity contribution in [1.82, 2.24) is 25.4 Å². The Hall–Kier alpha value is -2.54. The molecule has 0 atom stereocenters. The predicted octanol–water partition coefficient (Wildman–Crippen LogP) is 1.88. The zero-order valence-corrected chi connectivity index (χ0v) is 10.5. The molecule has 2 aromatic heterocycles. The highest BCUT2D eigenvalue weighted by Gasteiger charge is 2.09. The van der Waals surface area contributed by atoms with Crippen LogP contribution in [0.5, 0.6) is 0 Å². The van der Waals surface area contributed by atoms with E-state index in [1.165, 1.54) is 0 Å². The van der Waals surface area contributed by atoms with Crippen molar-refractivity contribution in [2.75, 3.05) is 0 Å². The summed E-state index contributed by atoms with van der Waals surface area (Å²) in [7, 11) is 0. The van der Waals surface area contributed by atoms with Crippen molar-refractivity contribution in [2.24, 2.45) is 0 Å². The maximum atomic E-state index is 11.8. The van der Waals surface area contributed by atoms with Crippen molar-refractivity contribution in [2.45, 2.75) is 0 Å². The number of nitrogens with one attached hydrogen (secondary N) is 3. The van der Waals surface area contributed by atoms with Gasteiger partial charge in [-0.3, -0.25) is 15.0 Å². The zero-order chi connectivity index (χ0) is 13.2. The number of hydrogen-bond acceptors (Lipinski definition) is 4. The van der Waals surface area contributed by atoms with Crippen LogP contribution in [-0.2, 0) is 0 Å². The summed E-state index contributed by atoms with van der Waals surface area (Å²) in [6.45, 7) is 0. The second-order valence-electron chi connectivity index (χ2n) is 3.88. The maximum absolute atomic E-state index is 11.8. The Kier molecular flexibility index (Phi) is 2.81. The zero-order valence-electron chi connectivity index (χ0n) is 9.68. The molecular formula is C12H9N5OS. The Balaban J connectivity index is 2.16. The third-order valence-corrected chi connectivity index (χ3v) is 2.82. The van der Waals surface area contributed by atoms with Crippen molar-refractivity contribution in [3.8, 4) is 22.6 Å². The number of nitrogens with zero attached hydrogens (tertiary/aromatic N) is 2. The van der Waals surface area contributed by atoms with E-state index in [0.717, 1.165) is 5.56 Å². The van der Waals surface area contributed by atoms with Gasteiger partial charge in [0.05, 0.1) is 11.3 Å². The maximum Gasteiger partial charge on any atom is 0.275 e. The second kappa shape index (κ2) is 4.62. The van der Waals surface area contributed by atoms with E-state index in [4.69, 9.17) is 12.2 Å². The molecule has 19 heavy (non-hydrogen) atoms. The molecule has 0 radical (unpaired) electrons. The molecule has 0 spiro atoms. The van der Waals surface area contributed by atoms with Crippen LogP contribution in [0.15, 0.2) is 41.2 Å². The first-order valence-corrected chi connectivity index (χ1v) is 5.95. The number of aromatic nitrogens is 5. The normalized spacial score (nSPS) is 10.5. The first kappa shape index (κ1) is 11.5. The first-order chi connectivity index (χ1) is 9.24. The van der Waals surface area contributed by atoms with E-state index in [-0.39, 0.29) is 5.56 Å². The van der Waals surface area contributed by atoms with Gasteiger partial charge in [-0.15, -0.1) is 0 Å². The summed E-state index contributed by atoms with van der Waals surface area (Å²) >= 11 is 4.88. The largest absolute Gasteiger partial charge is 0.281 e. The van der Waals surface area contributed by atoms with Crippen molar-refractivity contribution in [3.05, 3.63) is 51.5 Å². The van der Waals surface area contributed by atoms with Gasteiger partial charge in [-0.2, -0.15) is 10.1 Å². The smallest absolute Gasteiger partial charge is 0.275 e. The monoisotopic (exact) mass is 271 g/mol. The van der Waals surface area contributed by atoms with Crippen molar-refractivity contribution in [3.63, 3.8) is 0 Å². The summed E-state index contributed by atoms with van der Waals surface area (Å²) < 4.78 is 0.299. The number of aromatic amines is 3. The van der Waals surface area contributed by atoms with E-state index in [1.54, 1.807) is 6.07 Å². The quantitative estimate of drug-likeness (QED) is 0.621. The predicted molar refractivity (Wildman–Crippen MR) is 73.1 cm³/mol. The van der Waals surface area contributed by atoms with Crippen molar-refractivity contribution >= 4 is 12.2 Å². The minimum Gasteiger partial charge on any atom is -0.281 e. The summed E-state index contributed by atoms with van der Waals surface area (Å²) in [5, 5.41) is 11.9. The number of hydrogen-bond donors (Lipinski definition) is 3. The second-order valence-corrected chi connectivity index (χ2v) is 4.26. The lowest BCUT2D eigenvalue weighted by Crippen LogP contribution is -2.12. The number of H-pyrrole nitrogens is 3. The molecule has 1 aromatic carbocycles. The summed E-state index contributed by atoms with van der Waals surface area (Å²) in [4.78, 5) is 15.8. The van der Waals surface area contributed by atoms with Gasteiger partial charge in [0.1, 0.15) is 0 Å². The van der Waals surface area contributed by atoms with E-state index in [0.29, 0.717) is 21.9 Å². The molecular weight excluding hydrogens is 262 g/mol. The molecule has 0 saturated carbocycles. The van der Waals surface area contributed by atoms with Gasteiger partial charge in [-0.05, 0) is 18.3 Å². The summed E-state index contributed by atoms with van der Waals surface area (Å²) in [6, 6.07) is 11.2. The van der Waals surface area contributed by atoms with Crippen molar-refractivity contribution in [1.29, 1.82) is 0 Å². The van der Waals surface area contributed by atoms with Gasteiger partial charge in [0.25, 0.3) is 5.56 Å². The Morgan fingerprint density at radius 1 is 1.11 bits per heavy atom. The topological polar surface area (TPSA) is 90.2 Å². The molecule has 3 N–H and O–H groups in total. The van der Waals surface area contributed by atoms with Crippen LogP contribution >= 0.6 is 12.2 Å². The number of benzene rings is 1. The Morgan fingerprint density at radius 3 is 2.58 bits per heavy atom. The molecule has 0 saturated heterocycles. The molecule has 94 valence electrons. The average molecular weight is 271 g/mol. The molecule has 3 rings (SSSR count). The summed E-state index contributed by atoms with van der Waals surface area (Å²) in [5.74, 6) is 0.394. The molecule has 0 aliphatic heterocycles. The highest BCUT2D eigenvalue weighted by atomic mass is 32.1. The highest BCUT2D eigenvalue weighted by molar-refractivity contribution is 7.71. The molecule has 7 heteroatoms. The Bertz CT molecular complexity index is 818. The van der Waals surface area contributed by atoms with Crippen LogP contribution in [0.2, 0.25) is 0 Å². The SMILES string of the molecule is O=c1[nH]nc(-c2ccccc2)cc1-c1nc(=S)[nH][nH]1. The van der Waals surface area contributed by atoms with E-state index in [9.17, 15) is 4.79 Å². The van der Waals surface area contributed by atoms with Crippen LogP contribution in [0.3, 0.4) is 0 Å². The minimum absolute atomic E-state index is 0.299. The minimum atomic E-state index is -0.322. The van der Waals surface area contributed by atoms with Crippen LogP contribution in [0.25, 0.3) is 22.6 Å². The molecule has 2 heterocycles. The molecule has 0 bridgehead atoms. The average Bonchev–Trinajstić information content (AvgIpc) is 2.87. The molecule has 0 aliphatic carbocycles. The van der Waals surface area contributed by atoms with Gasteiger partial charge in [-0.1, -0.05) is 30.3 Å². The van der Waals surface area contributed by atoms with E-state index < -0.39 is 0 Å². The summed E-state index contributed by atoms with van der Waals surface area (Å²) in [5.41, 5.74) is 1.64. The lowest BCUT2D eigenvalue weighted by Gasteiger charge is -2.01. The lowest BCUT2D eigenvalue weighted by atomic mass is 10.1. The fourth-order valence-corrected chi connectivity index (χ4v) is 1.88. The van der Waals surface area contributed by atoms with E-state index in [2.05, 4.69) is 25.4 Å². The van der Waals surface area contributed by atoms with Crippen molar-refractivity contribution < 1.29 is 0 Å². The van der Waals surface area contributed by atoms with Gasteiger partial charge in [0, 0.05) is 5.56 Å². The van der Waals surface area contributed by atoms with Gasteiger partial charge >= 0.3 is 0 Å². The number of rotatable bonds is 2. The van der Waals surface area contributed by atoms with Crippen LogP contribution in [0.4, 0.5) is 0 Å². The van der Waals surface area contributed by atoms with Crippen LogP contribution in [0, 0.1) is 4.77 Å². The third-order valence-electron chi connectivity index (χ3n) is 2.63. The van der Waals surface area contributed by atoms with Gasteiger partial charge in [0.15, 0.2) is 5.82 Å². The molecule has 3 aromatic rings. The van der Waals surface area contributed by atoms with Crippen LogP contribution < -0.4 is 5.56 Å². The fourth-order valence-electron chi connectivity index (χ4n) is 1.74. The fraction of sp³-hybridized carbons (Fsp3) is 0. The molecule has 0 amide bonds. The lowest BCUT2D eigenvalue weighted by molar-refractivity contribution is 0.989. The molecule has 0 aliphatic rings. The Morgan fingerprint density at radius 2 is 1.89 bits per heavy atom. The first-order valence-electron chi connectivity index (χ1n) is 5.54. The van der Waals surface area contributed by atoms with Gasteiger partial charge < -0.3 is 0 Å². The van der Waals surface area contributed by atoms with E-state index in [1.807, 2.05) is 30.3 Å². The van der Waals surface area contributed by atoms with Gasteiger partial charge in [0.2, 0.25) is 4.77 Å². The molecule has 6 nitrogen and oxygen atoms in total.